The normalized spacial score (nSPS) is 9.62. The van der Waals surface area contributed by atoms with Gasteiger partial charge in [-0.2, -0.15) is 15.6 Å². The molecule has 0 atom stereocenters. The van der Waals surface area contributed by atoms with E-state index in [0.29, 0.717) is 16.8 Å². The van der Waals surface area contributed by atoms with E-state index in [1.54, 1.807) is 24.3 Å². The van der Waals surface area contributed by atoms with Gasteiger partial charge in [-0.3, -0.25) is 5.43 Å². The minimum Gasteiger partial charge on any atom is -0.507 e. The highest BCUT2D eigenvalue weighted by molar-refractivity contribution is 6.10. The minimum atomic E-state index is -0.277. The summed E-state index contributed by atoms with van der Waals surface area (Å²) in [5, 5.41) is 32.3. The molecule has 5 heteroatoms. The van der Waals surface area contributed by atoms with Gasteiger partial charge in [-0.25, -0.2) is 0 Å². The summed E-state index contributed by atoms with van der Waals surface area (Å²) in [6, 6.07) is 25.8. The first kappa shape index (κ1) is 16.8. The molecule has 0 radical (unpaired) electrons. The number of phenolic OH excluding ortho intramolecular Hbond substituents is 1. The summed E-state index contributed by atoms with van der Waals surface area (Å²) < 4.78 is 0. The third-order valence-corrected chi connectivity index (χ3v) is 3.79. The Morgan fingerprint density at radius 3 is 1.69 bits per heavy atom. The first-order valence-electron chi connectivity index (χ1n) is 7.84. The van der Waals surface area contributed by atoms with Crippen LogP contribution in [-0.4, -0.2) is 10.8 Å². The number of nitrogens with one attached hydrogen (secondary N) is 1. The summed E-state index contributed by atoms with van der Waals surface area (Å²) in [5.41, 5.74) is 5.94. The van der Waals surface area contributed by atoms with Crippen molar-refractivity contribution < 1.29 is 5.11 Å². The van der Waals surface area contributed by atoms with Crippen LogP contribution in [-0.2, 0) is 0 Å². The molecule has 0 amide bonds. The van der Waals surface area contributed by atoms with E-state index in [0.717, 1.165) is 11.1 Å². The molecule has 0 aliphatic carbocycles. The number of hydrogen-bond acceptors (Lipinski definition) is 5. The van der Waals surface area contributed by atoms with Crippen molar-refractivity contribution in [3.8, 4) is 40.1 Å². The van der Waals surface area contributed by atoms with E-state index in [-0.39, 0.29) is 11.5 Å². The fourth-order valence-electron chi connectivity index (χ4n) is 2.57. The minimum absolute atomic E-state index is 0.151. The summed E-state index contributed by atoms with van der Waals surface area (Å²) in [7, 11) is 0. The first-order valence-corrected chi connectivity index (χ1v) is 7.84. The highest BCUT2D eigenvalue weighted by Crippen LogP contribution is 2.40. The molecule has 0 bridgehead atoms. The molecule has 0 spiro atoms. The Morgan fingerprint density at radius 2 is 1.27 bits per heavy atom. The van der Waals surface area contributed by atoms with Gasteiger partial charge in [0, 0.05) is 11.1 Å². The van der Waals surface area contributed by atoms with E-state index >= 15 is 0 Å². The van der Waals surface area contributed by atoms with Crippen molar-refractivity contribution >= 4 is 11.4 Å². The van der Waals surface area contributed by atoms with Crippen LogP contribution in [0.4, 0.5) is 5.69 Å². The molecule has 5 nitrogen and oxygen atoms in total. The number of phenols is 1. The molecular formula is C21H14N4O. The number of nitrogens with zero attached hydrogens (tertiary/aromatic N) is 3. The standard InChI is InChI=1S/C21H14N4O/c22-13-18(14-23)25-24-17-11-19(15-7-3-1-4-8-15)21(26)20(12-17)16-9-5-2-6-10-16/h1-12,24,26H. The van der Waals surface area contributed by atoms with E-state index in [1.165, 1.54) is 0 Å². The fraction of sp³-hybridized carbons (Fsp3) is 0. The van der Waals surface area contributed by atoms with Crippen molar-refractivity contribution in [1.82, 2.24) is 0 Å². The van der Waals surface area contributed by atoms with E-state index < -0.39 is 0 Å². The largest absolute Gasteiger partial charge is 0.507 e. The fourth-order valence-corrected chi connectivity index (χ4v) is 2.57. The second-order valence-corrected chi connectivity index (χ2v) is 5.45. The summed E-state index contributed by atoms with van der Waals surface area (Å²) in [4.78, 5) is 0. The lowest BCUT2D eigenvalue weighted by Gasteiger charge is -2.13. The predicted octanol–water partition coefficient (Wildman–Crippen LogP) is 4.54. The molecule has 0 aliphatic rings. The molecule has 3 aromatic carbocycles. The van der Waals surface area contributed by atoms with E-state index in [9.17, 15) is 5.11 Å². The summed E-state index contributed by atoms with van der Waals surface area (Å²) in [5.74, 6) is 0.151. The maximum atomic E-state index is 10.8. The van der Waals surface area contributed by atoms with Gasteiger partial charge in [0.05, 0.1) is 5.69 Å². The number of nitriles is 2. The zero-order valence-electron chi connectivity index (χ0n) is 13.7. The lowest BCUT2D eigenvalue weighted by molar-refractivity contribution is 0.479. The van der Waals surface area contributed by atoms with Crippen LogP contribution in [0.5, 0.6) is 5.75 Å². The van der Waals surface area contributed by atoms with Crippen molar-refractivity contribution in [2.45, 2.75) is 0 Å². The lowest BCUT2D eigenvalue weighted by Crippen LogP contribution is -1.97. The van der Waals surface area contributed by atoms with Crippen molar-refractivity contribution in [2.24, 2.45) is 5.10 Å². The number of hydrogen-bond donors (Lipinski definition) is 2. The molecule has 0 saturated heterocycles. The van der Waals surface area contributed by atoms with Gasteiger partial charge in [0.1, 0.15) is 17.9 Å². The SMILES string of the molecule is N#CC(C#N)=NNc1cc(-c2ccccc2)c(O)c(-c2ccccc2)c1. The van der Waals surface area contributed by atoms with E-state index in [2.05, 4.69) is 10.5 Å². The van der Waals surface area contributed by atoms with Crippen LogP contribution in [0.25, 0.3) is 22.3 Å². The Bertz CT molecular complexity index is 953. The highest BCUT2D eigenvalue weighted by atomic mass is 16.3. The number of aromatic hydroxyl groups is 1. The molecule has 0 aliphatic heterocycles. The quantitative estimate of drug-likeness (QED) is 0.415. The Hall–Kier alpha value is -4.09. The van der Waals surface area contributed by atoms with Gasteiger partial charge in [-0.15, -0.1) is 0 Å². The predicted molar refractivity (Wildman–Crippen MR) is 101 cm³/mol. The van der Waals surface area contributed by atoms with Crippen molar-refractivity contribution in [3.63, 3.8) is 0 Å². The van der Waals surface area contributed by atoms with Crippen molar-refractivity contribution in [1.29, 1.82) is 10.5 Å². The van der Waals surface area contributed by atoms with Gasteiger partial charge >= 0.3 is 0 Å². The smallest absolute Gasteiger partial charge is 0.237 e. The monoisotopic (exact) mass is 338 g/mol. The Balaban J connectivity index is 2.16. The van der Waals surface area contributed by atoms with Crippen LogP contribution >= 0.6 is 0 Å². The maximum Gasteiger partial charge on any atom is 0.237 e. The third kappa shape index (κ3) is 3.53. The molecule has 3 aromatic rings. The van der Waals surface area contributed by atoms with Crippen LogP contribution in [0.2, 0.25) is 0 Å². The van der Waals surface area contributed by atoms with Crippen LogP contribution in [0.15, 0.2) is 77.9 Å². The summed E-state index contributed by atoms with van der Waals surface area (Å²) in [6.45, 7) is 0. The van der Waals surface area contributed by atoms with Crippen LogP contribution < -0.4 is 5.43 Å². The topological polar surface area (TPSA) is 92.2 Å². The molecule has 26 heavy (non-hydrogen) atoms. The number of rotatable bonds is 4. The number of benzene rings is 3. The van der Waals surface area contributed by atoms with Crippen LogP contribution in [0.3, 0.4) is 0 Å². The van der Waals surface area contributed by atoms with Gasteiger partial charge in [-0.1, -0.05) is 60.7 Å². The molecular weight excluding hydrogens is 324 g/mol. The van der Waals surface area contributed by atoms with Gasteiger partial charge < -0.3 is 5.11 Å². The third-order valence-electron chi connectivity index (χ3n) is 3.79. The average molecular weight is 338 g/mol. The molecule has 2 N–H and O–H groups in total. The van der Waals surface area contributed by atoms with E-state index in [4.69, 9.17) is 10.5 Å². The van der Waals surface area contributed by atoms with Gasteiger partial charge in [0.15, 0.2) is 0 Å². The second kappa shape index (κ2) is 7.65. The lowest BCUT2D eigenvalue weighted by atomic mass is 9.96. The molecule has 124 valence electrons. The van der Waals surface area contributed by atoms with Gasteiger partial charge in [0.2, 0.25) is 5.71 Å². The Morgan fingerprint density at radius 1 is 0.808 bits per heavy atom. The molecule has 0 heterocycles. The van der Waals surface area contributed by atoms with Crippen LogP contribution in [0.1, 0.15) is 0 Å². The molecule has 3 rings (SSSR count). The number of anilines is 1. The van der Waals surface area contributed by atoms with Crippen LogP contribution in [0, 0.1) is 22.7 Å². The average Bonchev–Trinajstić information content (AvgIpc) is 2.71. The summed E-state index contributed by atoms with van der Waals surface area (Å²) in [6.07, 6.45) is 0. The molecule has 0 fully saturated rings. The Labute approximate surface area is 151 Å². The molecule has 0 saturated carbocycles. The van der Waals surface area contributed by atoms with Gasteiger partial charge in [-0.05, 0) is 23.3 Å². The second-order valence-electron chi connectivity index (χ2n) is 5.45. The first-order chi connectivity index (χ1) is 12.7. The Kier molecular flexibility index (Phi) is 4.93. The maximum absolute atomic E-state index is 10.8. The highest BCUT2D eigenvalue weighted by Gasteiger charge is 2.13. The van der Waals surface area contributed by atoms with Crippen molar-refractivity contribution in [2.75, 3.05) is 5.43 Å². The molecule has 0 unspecified atom stereocenters. The zero-order valence-corrected chi connectivity index (χ0v) is 13.7. The molecule has 0 aromatic heterocycles. The summed E-state index contributed by atoms with van der Waals surface area (Å²) >= 11 is 0. The van der Waals surface area contributed by atoms with Crippen molar-refractivity contribution in [3.05, 3.63) is 72.8 Å². The van der Waals surface area contributed by atoms with Gasteiger partial charge in [0.25, 0.3) is 0 Å². The zero-order chi connectivity index (χ0) is 18.4. The van der Waals surface area contributed by atoms with E-state index in [1.807, 2.05) is 60.7 Å². The number of hydrazone groups is 1.